The molecule has 0 aliphatic carbocycles. The Hall–Kier alpha value is -1.13. The van der Waals surface area contributed by atoms with Crippen molar-refractivity contribution in [2.75, 3.05) is 11.5 Å². The van der Waals surface area contributed by atoms with E-state index in [1.54, 1.807) is 0 Å². The van der Waals surface area contributed by atoms with Gasteiger partial charge in [-0.3, -0.25) is 0 Å². The van der Waals surface area contributed by atoms with E-state index in [0.29, 0.717) is 12.1 Å². The summed E-state index contributed by atoms with van der Waals surface area (Å²) in [6.07, 6.45) is 0.0485. The molecule has 0 bridgehead atoms. The third-order valence-electron chi connectivity index (χ3n) is 2.84. The van der Waals surface area contributed by atoms with Gasteiger partial charge >= 0.3 is 0 Å². The Bertz CT molecular complexity index is 746. The molecule has 0 spiro atoms. The maximum Gasteiger partial charge on any atom is 0.243 e. The SMILES string of the molecule is O=S1(=O)CC[C@@H](NS(=O)(=O)c2ccc(F)c(F)c2F)C1. The Morgan fingerprint density at radius 1 is 1.15 bits per heavy atom. The molecular weight excluding hydrogens is 319 g/mol. The predicted molar refractivity (Wildman–Crippen MR) is 63.7 cm³/mol. The first-order valence-electron chi connectivity index (χ1n) is 5.49. The molecule has 1 aliphatic rings. The maximum atomic E-state index is 13.4. The fourth-order valence-electron chi connectivity index (χ4n) is 1.89. The van der Waals surface area contributed by atoms with Gasteiger partial charge in [0.05, 0.1) is 11.5 Å². The fourth-order valence-corrected chi connectivity index (χ4v) is 5.01. The van der Waals surface area contributed by atoms with Crippen LogP contribution in [0.4, 0.5) is 13.2 Å². The number of benzene rings is 1. The van der Waals surface area contributed by atoms with Gasteiger partial charge in [0, 0.05) is 6.04 Å². The molecule has 0 radical (unpaired) electrons. The van der Waals surface area contributed by atoms with Gasteiger partial charge in [-0.05, 0) is 18.6 Å². The van der Waals surface area contributed by atoms with Crippen molar-refractivity contribution >= 4 is 19.9 Å². The molecule has 10 heteroatoms. The van der Waals surface area contributed by atoms with Gasteiger partial charge in [0.1, 0.15) is 4.90 Å². The van der Waals surface area contributed by atoms with Gasteiger partial charge in [0.2, 0.25) is 10.0 Å². The van der Waals surface area contributed by atoms with Crippen molar-refractivity contribution in [3.63, 3.8) is 0 Å². The molecule has 2 rings (SSSR count). The summed E-state index contributed by atoms with van der Waals surface area (Å²) in [6, 6.07) is 0.162. The van der Waals surface area contributed by atoms with Crippen molar-refractivity contribution in [2.24, 2.45) is 0 Å². The fraction of sp³-hybridized carbons (Fsp3) is 0.400. The van der Waals surface area contributed by atoms with Gasteiger partial charge in [0.25, 0.3) is 0 Å². The van der Waals surface area contributed by atoms with Crippen LogP contribution in [0, 0.1) is 17.5 Å². The van der Waals surface area contributed by atoms with E-state index >= 15 is 0 Å². The van der Waals surface area contributed by atoms with Crippen molar-refractivity contribution in [1.82, 2.24) is 4.72 Å². The van der Waals surface area contributed by atoms with Crippen LogP contribution in [-0.4, -0.2) is 34.4 Å². The Morgan fingerprint density at radius 3 is 2.35 bits per heavy atom. The van der Waals surface area contributed by atoms with Crippen LogP contribution in [0.25, 0.3) is 0 Å². The highest BCUT2D eigenvalue weighted by molar-refractivity contribution is 7.92. The molecule has 0 aromatic heterocycles. The van der Waals surface area contributed by atoms with Gasteiger partial charge in [-0.15, -0.1) is 0 Å². The molecule has 5 nitrogen and oxygen atoms in total. The van der Waals surface area contributed by atoms with Crippen molar-refractivity contribution in [1.29, 1.82) is 0 Å². The summed E-state index contributed by atoms with van der Waals surface area (Å²) in [4.78, 5) is -1.05. The minimum absolute atomic E-state index is 0.0485. The summed E-state index contributed by atoms with van der Waals surface area (Å²) in [7, 11) is -7.79. The van der Waals surface area contributed by atoms with Crippen LogP contribution >= 0.6 is 0 Å². The number of hydrogen-bond acceptors (Lipinski definition) is 4. The van der Waals surface area contributed by atoms with Gasteiger partial charge in [-0.2, -0.15) is 0 Å². The van der Waals surface area contributed by atoms with E-state index in [4.69, 9.17) is 0 Å². The average Bonchev–Trinajstić information content (AvgIpc) is 2.64. The molecule has 0 unspecified atom stereocenters. The number of sulfonamides is 1. The first-order valence-corrected chi connectivity index (χ1v) is 8.79. The van der Waals surface area contributed by atoms with Gasteiger partial charge < -0.3 is 0 Å². The first-order chi connectivity index (χ1) is 9.12. The molecule has 1 N–H and O–H groups in total. The lowest BCUT2D eigenvalue weighted by atomic mass is 10.3. The molecule has 0 amide bonds. The molecule has 1 aromatic carbocycles. The summed E-state index contributed by atoms with van der Waals surface area (Å²) >= 11 is 0. The van der Waals surface area contributed by atoms with Crippen LogP contribution in [0.2, 0.25) is 0 Å². The second-order valence-corrected chi connectivity index (χ2v) is 8.31. The van der Waals surface area contributed by atoms with Gasteiger partial charge in [-0.1, -0.05) is 0 Å². The molecule has 1 aromatic rings. The average molecular weight is 329 g/mol. The highest BCUT2D eigenvalue weighted by Gasteiger charge is 2.33. The lowest BCUT2D eigenvalue weighted by Gasteiger charge is -2.12. The summed E-state index contributed by atoms with van der Waals surface area (Å²) in [5.41, 5.74) is 0. The Labute approximate surface area is 113 Å². The smallest absolute Gasteiger partial charge is 0.229 e. The highest BCUT2D eigenvalue weighted by atomic mass is 32.2. The zero-order valence-electron chi connectivity index (χ0n) is 9.94. The molecule has 0 saturated carbocycles. The Kier molecular flexibility index (Phi) is 3.82. The standard InChI is InChI=1S/C10H10F3NO4S2/c11-7-1-2-8(10(13)9(7)12)20(17,18)14-6-3-4-19(15,16)5-6/h1-2,6,14H,3-5H2/t6-/m1/s1. The molecule has 1 heterocycles. The third-order valence-corrected chi connectivity index (χ3v) is 6.15. The third kappa shape index (κ3) is 2.96. The molecule has 1 atom stereocenters. The highest BCUT2D eigenvalue weighted by Crippen LogP contribution is 2.21. The summed E-state index contributed by atoms with van der Waals surface area (Å²) < 4.78 is 87.3. The zero-order chi connectivity index (χ0) is 15.1. The second-order valence-electron chi connectivity index (χ2n) is 4.39. The maximum absolute atomic E-state index is 13.4. The summed E-state index contributed by atoms with van der Waals surface area (Å²) in [5.74, 6) is -5.83. The topological polar surface area (TPSA) is 80.3 Å². The van der Waals surface area contributed by atoms with E-state index in [1.165, 1.54) is 0 Å². The van der Waals surface area contributed by atoms with Crippen LogP contribution in [0.3, 0.4) is 0 Å². The zero-order valence-corrected chi connectivity index (χ0v) is 11.6. The lowest BCUT2D eigenvalue weighted by molar-refractivity contribution is 0.431. The van der Waals surface area contributed by atoms with Crippen molar-refractivity contribution < 1.29 is 30.0 Å². The predicted octanol–water partition coefficient (Wildman–Crippen LogP) is 0.569. The molecule has 112 valence electrons. The minimum Gasteiger partial charge on any atom is -0.229 e. The second kappa shape index (κ2) is 5.01. The molecule has 20 heavy (non-hydrogen) atoms. The molecular formula is C10H10F3NO4S2. The van der Waals surface area contributed by atoms with E-state index in [2.05, 4.69) is 0 Å². The number of nitrogens with one attached hydrogen (secondary N) is 1. The first kappa shape index (κ1) is 15.3. The van der Waals surface area contributed by atoms with E-state index in [9.17, 15) is 30.0 Å². The summed E-state index contributed by atoms with van der Waals surface area (Å²) in [6.45, 7) is 0. The normalized spacial score (nSPS) is 22.1. The van der Waals surface area contributed by atoms with Gasteiger partial charge in [-0.25, -0.2) is 34.7 Å². The Balaban J connectivity index is 2.30. The van der Waals surface area contributed by atoms with Crippen molar-refractivity contribution in [3.05, 3.63) is 29.6 Å². The van der Waals surface area contributed by atoms with Crippen molar-refractivity contribution in [2.45, 2.75) is 17.4 Å². The van der Waals surface area contributed by atoms with Crippen LogP contribution in [0.15, 0.2) is 17.0 Å². The Morgan fingerprint density at radius 2 is 1.80 bits per heavy atom. The van der Waals surface area contributed by atoms with E-state index in [0.717, 1.165) is 0 Å². The monoisotopic (exact) mass is 329 g/mol. The number of sulfone groups is 1. The van der Waals surface area contributed by atoms with E-state index in [1.807, 2.05) is 4.72 Å². The summed E-state index contributed by atoms with van der Waals surface area (Å²) in [5, 5.41) is 0. The number of rotatable bonds is 3. The van der Waals surface area contributed by atoms with Crippen LogP contribution in [-0.2, 0) is 19.9 Å². The van der Waals surface area contributed by atoms with E-state index in [-0.39, 0.29) is 12.2 Å². The van der Waals surface area contributed by atoms with Crippen molar-refractivity contribution in [3.8, 4) is 0 Å². The van der Waals surface area contributed by atoms with Crippen LogP contribution in [0.1, 0.15) is 6.42 Å². The van der Waals surface area contributed by atoms with Crippen LogP contribution in [0.5, 0.6) is 0 Å². The largest absolute Gasteiger partial charge is 0.243 e. The quantitative estimate of drug-likeness (QED) is 0.822. The van der Waals surface area contributed by atoms with Gasteiger partial charge in [0.15, 0.2) is 27.3 Å². The van der Waals surface area contributed by atoms with Crippen LogP contribution < -0.4 is 4.72 Å². The molecule has 1 aliphatic heterocycles. The molecule has 1 fully saturated rings. The number of hydrogen-bond donors (Lipinski definition) is 1. The molecule has 1 saturated heterocycles. The minimum atomic E-state index is -4.46. The lowest BCUT2D eigenvalue weighted by Crippen LogP contribution is -2.36. The number of halogens is 3. The van der Waals surface area contributed by atoms with E-state index < -0.39 is 54.0 Å².